The van der Waals surface area contributed by atoms with Crippen LogP contribution in [0.4, 0.5) is 14.5 Å². The molecule has 1 unspecified atom stereocenters. The van der Waals surface area contributed by atoms with Crippen LogP contribution in [0.25, 0.3) is 0 Å². The third-order valence-corrected chi connectivity index (χ3v) is 3.90. The number of nitrogens with zero attached hydrogens (tertiary/aromatic N) is 1. The first-order chi connectivity index (χ1) is 8.90. The minimum Gasteiger partial charge on any atom is -0.322 e. The zero-order valence-electron chi connectivity index (χ0n) is 11.2. The number of carbonyl (C=O) groups excluding carboxylic acids is 1. The van der Waals surface area contributed by atoms with E-state index in [4.69, 9.17) is 0 Å². The minimum absolute atomic E-state index is 0.0622. The van der Waals surface area contributed by atoms with E-state index in [1.165, 1.54) is 6.07 Å². The van der Waals surface area contributed by atoms with Gasteiger partial charge in [-0.2, -0.15) is 13.8 Å². The van der Waals surface area contributed by atoms with E-state index in [1.807, 2.05) is 0 Å². The smallest absolute Gasteiger partial charge is 0.239 e. The first-order valence-electron chi connectivity index (χ1n) is 6.53. The van der Waals surface area contributed by atoms with Crippen LogP contribution in [0.3, 0.4) is 0 Å². The van der Waals surface area contributed by atoms with E-state index in [0.717, 1.165) is 31.7 Å². The predicted molar refractivity (Wildman–Crippen MR) is 68.5 cm³/mol. The third-order valence-electron chi connectivity index (χ3n) is 3.90. The lowest BCUT2D eigenvalue weighted by atomic mass is 9.68. The maximum Gasteiger partial charge on any atom is 0.239 e. The largest absolute Gasteiger partial charge is 0.322 e. The van der Waals surface area contributed by atoms with Crippen LogP contribution in [0.5, 0.6) is 0 Å². The van der Waals surface area contributed by atoms with Gasteiger partial charge in [-0.15, -0.1) is 0 Å². The van der Waals surface area contributed by atoms with Gasteiger partial charge in [0.1, 0.15) is 0 Å². The van der Waals surface area contributed by atoms with Gasteiger partial charge in [-0.3, -0.25) is 4.79 Å². The summed E-state index contributed by atoms with van der Waals surface area (Å²) in [6.45, 7) is 4.10. The Kier molecular flexibility index (Phi) is 3.83. The van der Waals surface area contributed by atoms with Gasteiger partial charge in [0.2, 0.25) is 17.8 Å². The number of hydrogen-bond donors (Lipinski definition) is 1. The summed E-state index contributed by atoms with van der Waals surface area (Å²) in [5.74, 6) is -2.24. The number of hydrogen-bond acceptors (Lipinski definition) is 2. The van der Waals surface area contributed by atoms with Gasteiger partial charge in [0.25, 0.3) is 0 Å². The van der Waals surface area contributed by atoms with Crippen LogP contribution in [-0.2, 0) is 4.79 Å². The fourth-order valence-corrected chi connectivity index (χ4v) is 2.71. The van der Waals surface area contributed by atoms with Crippen molar-refractivity contribution in [1.29, 1.82) is 0 Å². The van der Waals surface area contributed by atoms with Crippen molar-refractivity contribution < 1.29 is 13.6 Å². The highest BCUT2D eigenvalue weighted by Crippen LogP contribution is 2.41. The lowest BCUT2D eigenvalue weighted by Gasteiger charge is -2.37. The van der Waals surface area contributed by atoms with Crippen molar-refractivity contribution in [1.82, 2.24) is 4.98 Å². The van der Waals surface area contributed by atoms with Crippen LogP contribution in [0.15, 0.2) is 12.1 Å². The summed E-state index contributed by atoms with van der Waals surface area (Å²) < 4.78 is 26.1. The number of pyridine rings is 1. The minimum atomic E-state index is -0.984. The molecule has 1 aromatic rings. The Bertz CT molecular complexity index is 488. The number of nitrogens with one attached hydrogen (secondary N) is 1. The molecule has 1 atom stereocenters. The maximum absolute atomic E-state index is 13.4. The van der Waals surface area contributed by atoms with Crippen molar-refractivity contribution in [3.05, 3.63) is 24.0 Å². The number of amides is 1. The van der Waals surface area contributed by atoms with Gasteiger partial charge in [0.15, 0.2) is 0 Å². The summed E-state index contributed by atoms with van der Waals surface area (Å²) in [6, 6.07) is 2.23. The second-order valence-corrected chi connectivity index (χ2v) is 5.75. The van der Waals surface area contributed by atoms with Gasteiger partial charge < -0.3 is 5.32 Å². The number of halogens is 2. The standard InChI is InChI=1S/C14H18F2N2O/c1-14(2)8-4-3-5-9(14)13(19)17-10-6-7-11(15)18-12(10)16/h6-7,9H,3-5,8H2,1-2H3,(H,17,19). The molecule has 1 amide bonds. The molecule has 1 aliphatic rings. The molecule has 0 bridgehead atoms. The molecular formula is C14H18F2N2O. The van der Waals surface area contributed by atoms with Crippen molar-refractivity contribution in [3.63, 3.8) is 0 Å². The number of anilines is 1. The zero-order valence-corrected chi connectivity index (χ0v) is 11.2. The quantitative estimate of drug-likeness (QED) is 0.834. The lowest BCUT2D eigenvalue weighted by molar-refractivity contribution is -0.124. The van der Waals surface area contributed by atoms with Crippen LogP contribution >= 0.6 is 0 Å². The average Bonchev–Trinajstić information content (AvgIpc) is 2.32. The Hall–Kier alpha value is -1.52. The van der Waals surface area contributed by atoms with Gasteiger partial charge in [-0.25, -0.2) is 0 Å². The van der Waals surface area contributed by atoms with Gasteiger partial charge in [0, 0.05) is 5.92 Å². The Balaban J connectivity index is 2.12. The van der Waals surface area contributed by atoms with E-state index in [1.54, 1.807) is 0 Å². The summed E-state index contributed by atoms with van der Waals surface area (Å²) in [6.07, 6.45) is 3.90. The molecule has 1 fully saturated rings. The third kappa shape index (κ3) is 3.08. The van der Waals surface area contributed by atoms with E-state index in [0.29, 0.717) is 0 Å². The first-order valence-corrected chi connectivity index (χ1v) is 6.53. The molecule has 1 aromatic heterocycles. The molecule has 0 saturated heterocycles. The molecule has 0 aromatic carbocycles. The molecule has 1 saturated carbocycles. The SMILES string of the molecule is CC1(C)CCCCC1C(=O)Nc1ccc(F)nc1F. The Morgan fingerprint density at radius 1 is 1.37 bits per heavy atom. The van der Waals surface area contributed by atoms with Crippen LogP contribution in [0.2, 0.25) is 0 Å². The molecule has 2 rings (SSSR count). The van der Waals surface area contributed by atoms with Crippen molar-refractivity contribution in [2.24, 2.45) is 11.3 Å². The second-order valence-electron chi connectivity index (χ2n) is 5.75. The van der Waals surface area contributed by atoms with Crippen LogP contribution < -0.4 is 5.32 Å². The number of carbonyl (C=O) groups is 1. The fraction of sp³-hybridized carbons (Fsp3) is 0.571. The molecule has 1 N–H and O–H groups in total. The van der Waals surface area contributed by atoms with Crippen LogP contribution in [-0.4, -0.2) is 10.9 Å². The lowest BCUT2D eigenvalue weighted by Crippen LogP contribution is -2.37. The van der Waals surface area contributed by atoms with E-state index in [-0.39, 0.29) is 22.9 Å². The van der Waals surface area contributed by atoms with Crippen molar-refractivity contribution >= 4 is 11.6 Å². The van der Waals surface area contributed by atoms with E-state index >= 15 is 0 Å². The molecule has 0 radical (unpaired) electrons. The molecule has 3 nitrogen and oxygen atoms in total. The van der Waals surface area contributed by atoms with E-state index < -0.39 is 11.9 Å². The summed E-state index contributed by atoms with van der Waals surface area (Å²) in [4.78, 5) is 15.3. The fourth-order valence-electron chi connectivity index (χ4n) is 2.71. The monoisotopic (exact) mass is 268 g/mol. The number of aromatic nitrogens is 1. The summed E-state index contributed by atoms with van der Waals surface area (Å²) in [5.41, 5.74) is -0.153. The Morgan fingerprint density at radius 2 is 2.11 bits per heavy atom. The molecular weight excluding hydrogens is 250 g/mol. The van der Waals surface area contributed by atoms with Crippen LogP contribution in [0, 0.1) is 23.2 Å². The maximum atomic E-state index is 13.4. The highest BCUT2D eigenvalue weighted by Gasteiger charge is 2.37. The van der Waals surface area contributed by atoms with Crippen LogP contribution in [0.1, 0.15) is 39.5 Å². The summed E-state index contributed by atoms with van der Waals surface area (Å²) in [7, 11) is 0. The van der Waals surface area contributed by atoms with Crippen molar-refractivity contribution in [2.75, 3.05) is 5.32 Å². The molecule has 19 heavy (non-hydrogen) atoms. The highest BCUT2D eigenvalue weighted by atomic mass is 19.1. The van der Waals surface area contributed by atoms with Gasteiger partial charge in [0.05, 0.1) is 5.69 Å². The van der Waals surface area contributed by atoms with Crippen molar-refractivity contribution in [3.8, 4) is 0 Å². The molecule has 1 aliphatic carbocycles. The summed E-state index contributed by atoms with van der Waals surface area (Å²) >= 11 is 0. The highest BCUT2D eigenvalue weighted by molar-refractivity contribution is 5.93. The van der Waals surface area contributed by atoms with Crippen molar-refractivity contribution in [2.45, 2.75) is 39.5 Å². The zero-order chi connectivity index (χ0) is 14.0. The van der Waals surface area contributed by atoms with Gasteiger partial charge >= 0.3 is 0 Å². The normalized spacial score (nSPS) is 22.0. The molecule has 0 aliphatic heterocycles. The predicted octanol–water partition coefficient (Wildman–Crippen LogP) is 3.51. The topological polar surface area (TPSA) is 42.0 Å². The average molecular weight is 268 g/mol. The van der Waals surface area contributed by atoms with Gasteiger partial charge in [-0.1, -0.05) is 26.7 Å². The summed E-state index contributed by atoms with van der Waals surface area (Å²) in [5, 5.41) is 2.52. The Morgan fingerprint density at radius 3 is 2.74 bits per heavy atom. The molecule has 0 spiro atoms. The van der Waals surface area contributed by atoms with Gasteiger partial charge in [-0.05, 0) is 30.4 Å². The first kappa shape index (κ1) is 13.9. The Labute approximate surface area is 111 Å². The molecule has 104 valence electrons. The van der Waals surface area contributed by atoms with E-state index in [2.05, 4.69) is 24.1 Å². The molecule has 1 heterocycles. The molecule has 5 heteroatoms. The second kappa shape index (κ2) is 5.23. The van der Waals surface area contributed by atoms with E-state index in [9.17, 15) is 13.6 Å². The number of rotatable bonds is 2.